The molecule has 0 unspecified atom stereocenters. The van der Waals surface area contributed by atoms with E-state index < -0.39 is 5.82 Å². The molecule has 118 valence electrons. The average molecular weight is 334 g/mol. The first-order valence-corrected chi connectivity index (χ1v) is 7.11. The van der Waals surface area contributed by atoms with Crippen LogP contribution >= 0.6 is 11.6 Å². The largest absolute Gasteiger partial charge is 0.493 e. The molecule has 1 heterocycles. The van der Waals surface area contributed by atoms with Crippen LogP contribution in [-0.2, 0) is 0 Å². The normalized spacial score (nSPS) is 10.6. The van der Waals surface area contributed by atoms with E-state index in [0.717, 1.165) is 5.56 Å². The second-order valence-corrected chi connectivity index (χ2v) is 5.10. The summed E-state index contributed by atoms with van der Waals surface area (Å²) in [5.41, 5.74) is 1.58. The van der Waals surface area contributed by atoms with E-state index in [1.165, 1.54) is 10.7 Å². The molecule has 2 aromatic carbocycles. The summed E-state index contributed by atoms with van der Waals surface area (Å²) in [7, 11) is 3.12. The minimum atomic E-state index is -0.544. The van der Waals surface area contributed by atoms with Gasteiger partial charge in [-0.1, -0.05) is 22.9 Å². The summed E-state index contributed by atoms with van der Waals surface area (Å²) in [6.45, 7) is 0. The van der Waals surface area contributed by atoms with Crippen molar-refractivity contribution in [1.29, 1.82) is 0 Å². The maximum atomic E-state index is 14.1. The van der Waals surface area contributed by atoms with Gasteiger partial charge in [-0.25, -0.2) is 9.07 Å². The van der Waals surface area contributed by atoms with Gasteiger partial charge in [-0.05, 0) is 30.3 Å². The topological polar surface area (TPSA) is 49.2 Å². The number of aromatic nitrogens is 3. The molecular weight excluding hydrogens is 321 g/mol. The summed E-state index contributed by atoms with van der Waals surface area (Å²) in [4.78, 5) is 0. The molecular formula is C16H13ClFN3O2. The summed E-state index contributed by atoms with van der Waals surface area (Å²) in [5, 5.41) is 8.06. The van der Waals surface area contributed by atoms with Crippen molar-refractivity contribution in [3.05, 3.63) is 53.4 Å². The fourth-order valence-corrected chi connectivity index (χ4v) is 2.35. The zero-order chi connectivity index (χ0) is 16.4. The fraction of sp³-hybridized carbons (Fsp3) is 0.125. The molecule has 0 saturated heterocycles. The Bertz CT molecular complexity index is 851. The lowest BCUT2D eigenvalue weighted by molar-refractivity contribution is 0.355. The minimum absolute atomic E-state index is 0.0330. The van der Waals surface area contributed by atoms with Crippen LogP contribution in [0.3, 0.4) is 0 Å². The van der Waals surface area contributed by atoms with Gasteiger partial charge < -0.3 is 9.47 Å². The van der Waals surface area contributed by atoms with Crippen LogP contribution in [0.25, 0.3) is 16.9 Å². The van der Waals surface area contributed by atoms with Gasteiger partial charge in [0, 0.05) is 5.56 Å². The summed E-state index contributed by atoms with van der Waals surface area (Å²) in [6, 6.07) is 10.1. The number of halogens is 2. The monoisotopic (exact) mass is 333 g/mol. The lowest BCUT2D eigenvalue weighted by Crippen LogP contribution is -1.98. The molecule has 1 aromatic heterocycles. The molecule has 3 rings (SSSR count). The van der Waals surface area contributed by atoms with Crippen LogP contribution in [0.2, 0.25) is 5.02 Å². The molecule has 0 N–H and O–H groups in total. The zero-order valence-corrected chi connectivity index (χ0v) is 13.2. The zero-order valence-electron chi connectivity index (χ0n) is 12.5. The van der Waals surface area contributed by atoms with E-state index in [1.54, 1.807) is 44.7 Å². The van der Waals surface area contributed by atoms with Gasteiger partial charge in [0.15, 0.2) is 17.3 Å². The molecule has 0 aliphatic heterocycles. The Labute approximate surface area is 137 Å². The van der Waals surface area contributed by atoms with E-state index in [0.29, 0.717) is 17.2 Å². The Morgan fingerprint density at radius 2 is 1.87 bits per heavy atom. The number of methoxy groups -OCH3 is 2. The standard InChI is InChI=1S/C16H13ClFN3O2/c1-22-14-7-6-10(8-15(14)23-2)12-9-21(20-19-12)13-5-3-4-11(17)16(13)18/h3-9H,1-2H3. The smallest absolute Gasteiger partial charge is 0.167 e. The van der Waals surface area contributed by atoms with Crippen LogP contribution in [0.15, 0.2) is 42.6 Å². The molecule has 0 atom stereocenters. The summed E-state index contributed by atoms with van der Waals surface area (Å²) in [6.07, 6.45) is 1.62. The van der Waals surface area contributed by atoms with E-state index in [-0.39, 0.29) is 10.7 Å². The maximum absolute atomic E-state index is 14.1. The number of ether oxygens (including phenoxy) is 2. The summed E-state index contributed by atoms with van der Waals surface area (Å²) >= 11 is 5.79. The predicted molar refractivity (Wildman–Crippen MR) is 84.9 cm³/mol. The fourth-order valence-electron chi connectivity index (χ4n) is 2.18. The quantitative estimate of drug-likeness (QED) is 0.729. The van der Waals surface area contributed by atoms with Crippen LogP contribution in [0, 0.1) is 5.82 Å². The molecule has 0 radical (unpaired) electrons. The second kappa shape index (κ2) is 6.26. The summed E-state index contributed by atoms with van der Waals surface area (Å²) in [5.74, 6) is 0.649. The Balaban J connectivity index is 2.01. The lowest BCUT2D eigenvalue weighted by atomic mass is 10.1. The van der Waals surface area contributed by atoms with E-state index in [4.69, 9.17) is 21.1 Å². The molecule has 0 amide bonds. The number of rotatable bonds is 4. The van der Waals surface area contributed by atoms with Gasteiger partial charge in [0.05, 0.1) is 25.4 Å². The van der Waals surface area contributed by atoms with Gasteiger partial charge in [-0.3, -0.25) is 0 Å². The first-order valence-electron chi connectivity index (χ1n) is 6.73. The number of hydrogen-bond acceptors (Lipinski definition) is 4. The van der Waals surface area contributed by atoms with Gasteiger partial charge in [0.2, 0.25) is 0 Å². The van der Waals surface area contributed by atoms with Crippen molar-refractivity contribution in [3.63, 3.8) is 0 Å². The van der Waals surface area contributed by atoms with Crippen molar-refractivity contribution in [2.75, 3.05) is 14.2 Å². The summed E-state index contributed by atoms with van der Waals surface area (Å²) < 4.78 is 25.9. The van der Waals surface area contributed by atoms with Crippen LogP contribution in [-0.4, -0.2) is 29.2 Å². The highest BCUT2D eigenvalue weighted by Crippen LogP contribution is 2.31. The van der Waals surface area contributed by atoms with Crippen molar-refractivity contribution in [1.82, 2.24) is 15.0 Å². The molecule has 7 heteroatoms. The van der Waals surface area contributed by atoms with Crippen LogP contribution < -0.4 is 9.47 Å². The number of benzene rings is 2. The Kier molecular flexibility index (Phi) is 4.16. The van der Waals surface area contributed by atoms with Crippen LogP contribution in [0.5, 0.6) is 11.5 Å². The SMILES string of the molecule is COc1ccc(-c2cn(-c3cccc(Cl)c3F)nn2)cc1OC. The molecule has 3 aromatic rings. The maximum Gasteiger partial charge on any atom is 0.167 e. The molecule has 5 nitrogen and oxygen atoms in total. The van der Waals surface area contributed by atoms with Crippen molar-refractivity contribution in [3.8, 4) is 28.4 Å². The second-order valence-electron chi connectivity index (χ2n) is 4.69. The van der Waals surface area contributed by atoms with Gasteiger partial charge in [-0.2, -0.15) is 0 Å². The highest BCUT2D eigenvalue weighted by Gasteiger charge is 2.13. The molecule has 0 saturated carbocycles. The van der Waals surface area contributed by atoms with Gasteiger partial charge in [0.1, 0.15) is 11.4 Å². The molecule has 0 bridgehead atoms. The van der Waals surface area contributed by atoms with E-state index >= 15 is 0 Å². The average Bonchev–Trinajstić information content (AvgIpc) is 3.06. The van der Waals surface area contributed by atoms with Crippen molar-refractivity contribution < 1.29 is 13.9 Å². The van der Waals surface area contributed by atoms with E-state index in [2.05, 4.69) is 10.3 Å². The minimum Gasteiger partial charge on any atom is -0.493 e. The van der Waals surface area contributed by atoms with Gasteiger partial charge >= 0.3 is 0 Å². The molecule has 0 spiro atoms. The number of hydrogen-bond donors (Lipinski definition) is 0. The first kappa shape index (κ1) is 15.3. The third-order valence-electron chi connectivity index (χ3n) is 3.35. The number of nitrogens with zero attached hydrogens (tertiary/aromatic N) is 3. The molecule has 23 heavy (non-hydrogen) atoms. The van der Waals surface area contributed by atoms with Crippen LogP contribution in [0.1, 0.15) is 0 Å². The first-order chi connectivity index (χ1) is 11.1. The highest BCUT2D eigenvalue weighted by molar-refractivity contribution is 6.30. The van der Waals surface area contributed by atoms with Crippen molar-refractivity contribution >= 4 is 11.6 Å². The van der Waals surface area contributed by atoms with Crippen LogP contribution in [0.4, 0.5) is 4.39 Å². The van der Waals surface area contributed by atoms with Gasteiger partial charge in [-0.15, -0.1) is 5.10 Å². The van der Waals surface area contributed by atoms with E-state index in [9.17, 15) is 4.39 Å². The molecule has 0 fully saturated rings. The lowest BCUT2D eigenvalue weighted by Gasteiger charge is -2.08. The Hall–Kier alpha value is -2.60. The van der Waals surface area contributed by atoms with Crippen molar-refractivity contribution in [2.45, 2.75) is 0 Å². The third kappa shape index (κ3) is 2.85. The van der Waals surface area contributed by atoms with E-state index in [1.807, 2.05) is 6.07 Å². The highest BCUT2D eigenvalue weighted by atomic mass is 35.5. The third-order valence-corrected chi connectivity index (χ3v) is 3.64. The molecule has 0 aliphatic rings. The van der Waals surface area contributed by atoms with Gasteiger partial charge in [0.25, 0.3) is 0 Å². The predicted octanol–water partition coefficient (Wildman–Crippen LogP) is 3.74. The Morgan fingerprint density at radius 1 is 1.09 bits per heavy atom. The molecule has 0 aliphatic carbocycles. The Morgan fingerprint density at radius 3 is 2.61 bits per heavy atom. The van der Waals surface area contributed by atoms with Crippen molar-refractivity contribution in [2.24, 2.45) is 0 Å².